The Morgan fingerprint density at radius 3 is 2.48 bits per heavy atom. The molecule has 0 aliphatic rings. The summed E-state index contributed by atoms with van der Waals surface area (Å²) in [6, 6.07) is 11.2. The predicted molar refractivity (Wildman–Crippen MR) is 102 cm³/mol. The molecule has 0 spiro atoms. The number of ether oxygens (including phenoxy) is 1. The van der Waals surface area contributed by atoms with E-state index >= 15 is 0 Å². The highest BCUT2D eigenvalue weighted by Crippen LogP contribution is 2.20. The lowest BCUT2D eigenvalue weighted by atomic mass is 10.1. The zero-order valence-electron chi connectivity index (χ0n) is 14.5. The van der Waals surface area contributed by atoms with Crippen LogP contribution in [0.25, 0.3) is 0 Å². The molecule has 6 heteroatoms. The Balaban J connectivity index is 1.86. The Morgan fingerprint density at radius 2 is 1.80 bits per heavy atom. The first-order chi connectivity index (χ1) is 11.9. The zero-order chi connectivity index (χ0) is 18.4. The minimum absolute atomic E-state index is 0.0721. The van der Waals surface area contributed by atoms with Crippen LogP contribution in [0.4, 0.5) is 5.69 Å². The molecular formula is C19H21BrN2O3. The van der Waals surface area contributed by atoms with Gasteiger partial charge < -0.3 is 15.4 Å². The Kier molecular flexibility index (Phi) is 6.58. The molecule has 0 radical (unpaired) electrons. The van der Waals surface area contributed by atoms with Gasteiger partial charge >= 0.3 is 0 Å². The first kappa shape index (κ1) is 19.0. The molecule has 0 aliphatic carbocycles. The summed E-state index contributed by atoms with van der Waals surface area (Å²) in [4.78, 5) is 24.0. The molecule has 0 saturated heterocycles. The highest BCUT2D eigenvalue weighted by Gasteiger charge is 2.09. The summed E-state index contributed by atoms with van der Waals surface area (Å²) in [6.45, 7) is 3.78. The third kappa shape index (κ3) is 5.60. The Labute approximate surface area is 155 Å². The van der Waals surface area contributed by atoms with E-state index in [4.69, 9.17) is 4.74 Å². The first-order valence-electron chi connectivity index (χ1n) is 7.85. The Bertz CT molecular complexity index is 790. The van der Waals surface area contributed by atoms with Crippen molar-refractivity contribution in [2.45, 2.75) is 20.3 Å². The van der Waals surface area contributed by atoms with Crippen LogP contribution in [-0.4, -0.2) is 25.5 Å². The fraction of sp³-hybridized carbons (Fsp3) is 0.263. The van der Waals surface area contributed by atoms with Crippen molar-refractivity contribution in [1.82, 2.24) is 5.32 Å². The number of carbonyl (C=O) groups excluding carboxylic acids is 2. The van der Waals surface area contributed by atoms with Gasteiger partial charge in [-0.05, 0) is 54.8 Å². The molecule has 0 fully saturated rings. The Morgan fingerprint density at radius 1 is 1.04 bits per heavy atom. The number of methoxy groups -OCH3 is 1. The van der Waals surface area contributed by atoms with E-state index in [2.05, 4.69) is 26.6 Å². The topological polar surface area (TPSA) is 67.4 Å². The first-order valence-corrected chi connectivity index (χ1v) is 8.64. The number of hydrogen-bond acceptors (Lipinski definition) is 3. The van der Waals surface area contributed by atoms with Gasteiger partial charge in [0.05, 0.1) is 20.1 Å². The van der Waals surface area contributed by atoms with Gasteiger partial charge in [0, 0.05) is 10.2 Å². The lowest BCUT2D eigenvalue weighted by Crippen LogP contribution is -2.33. The molecule has 0 aliphatic heterocycles. The second-order valence-electron chi connectivity index (χ2n) is 5.76. The van der Waals surface area contributed by atoms with Crippen molar-refractivity contribution in [3.63, 3.8) is 0 Å². The summed E-state index contributed by atoms with van der Waals surface area (Å²) in [5, 5.41) is 5.42. The van der Waals surface area contributed by atoms with Crippen LogP contribution in [0.1, 0.15) is 16.7 Å². The van der Waals surface area contributed by atoms with E-state index in [1.54, 1.807) is 7.11 Å². The van der Waals surface area contributed by atoms with E-state index in [1.165, 1.54) is 0 Å². The molecule has 0 heterocycles. The fourth-order valence-corrected chi connectivity index (χ4v) is 2.84. The second kappa shape index (κ2) is 8.67. The molecule has 2 aromatic carbocycles. The van der Waals surface area contributed by atoms with Crippen molar-refractivity contribution in [2.24, 2.45) is 0 Å². The molecule has 0 bridgehead atoms. The smallest absolute Gasteiger partial charge is 0.243 e. The van der Waals surface area contributed by atoms with Gasteiger partial charge in [0.1, 0.15) is 5.75 Å². The predicted octanol–water partition coefficient (Wildman–Crippen LogP) is 3.37. The number of hydrogen-bond donors (Lipinski definition) is 2. The minimum atomic E-state index is -0.264. The highest BCUT2D eigenvalue weighted by molar-refractivity contribution is 9.10. The van der Waals surface area contributed by atoms with Crippen molar-refractivity contribution >= 4 is 33.4 Å². The van der Waals surface area contributed by atoms with Crippen molar-refractivity contribution < 1.29 is 14.3 Å². The van der Waals surface area contributed by atoms with Gasteiger partial charge in [-0.15, -0.1) is 0 Å². The van der Waals surface area contributed by atoms with Crippen LogP contribution >= 0.6 is 15.9 Å². The molecule has 2 rings (SSSR count). The maximum atomic E-state index is 12.0. The van der Waals surface area contributed by atoms with E-state index in [0.717, 1.165) is 32.6 Å². The van der Waals surface area contributed by atoms with Gasteiger partial charge in [-0.3, -0.25) is 9.59 Å². The quantitative estimate of drug-likeness (QED) is 0.775. The van der Waals surface area contributed by atoms with Gasteiger partial charge in [0.25, 0.3) is 0 Å². The molecule has 5 nitrogen and oxygen atoms in total. The van der Waals surface area contributed by atoms with Crippen LogP contribution in [0, 0.1) is 13.8 Å². The SMILES string of the molecule is COc1cc(CC(=O)NCC(=O)Nc2ccc(Br)cc2C)ccc1C. The largest absolute Gasteiger partial charge is 0.496 e. The summed E-state index contributed by atoms with van der Waals surface area (Å²) in [7, 11) is 1.60. The zero-order valence-corrected chi connectivity index (χ0v) is 16.1. The third-order valence-electron chi connectivity index (χ3n) is 3.75. The maximum Gasteiger partial charge on any atom is 0.243 e. The molecule has 132 valence electrons. The monoisotopic (exact) mass is 404 g/mol. The number of carbonyl (C=O) groups is 2. The van der Waals surface area contributed by atoms with Gasteiger partial charge in [-0.1, -0.05) is 28.1 Å². The summed E-state index contributed by atoms with van der Waals surface area (Å²) in [5.41, 5.74) is 3.52. The van der Waals surface area contributed by atoms with Crippen LogP contribution in [0.3, 0.4) is 0 Å². The number of halogens is 1. The summed E-state index contributed by atoms with van der Waals surface area (Å²) >= 11 is 3.38. The van der Waals surface area contributed by atoms with E-state index in [0.29, 0.717) is 0 Å². The maximum absolute atomic E-state index is 12.0. The third-order valence-corrected chi connectivity index (χ3v) is 4.24. The number of rotatable bonds is 6. The van der Waals surface area contributed by atoms with Gasteiger partial charge in [0.2, 0.25) is 11.8 Å². The van der Waals surface area contributed by atoms with E-state index < -0.39 is 0 Å². The molecule has 2 N–H and O–H groups in total. The van der Waals surface area contributed by atoms with E-state index in [1.807, 2.05) is 50.2 Å². The van der Waals surface area contributed by atoms with Crippen molar-refractivity contribution in [3.8, 4) is 5.75 Å². The van der Waals surface area contributed by atoms with Crippen molar-refractivity contribution in [1.29, 1.82) is 0 Å². The van der Waals surface area contributed by atoms with Crippen LogP contribution in [0.15, 0.2) is 40.9 Å². The Hall–Kier alpha value is -2.34. The van der Waals surface area contributed by atoms with Crippen molar-refractivity contribution in [2.75, 3.05) is 19.0 Å². The van der Waals surface area contributed by atoms with Gasteiger partial charge in [0.15, 0.2) is 0 Å². The summed E-state index contributed by atoms with van der Waals surface area (Å²) < 4.78 is 6.20. The van der Waals surface area contributed by atoms with Gasteiger partial charge in [-0.2, -0.15) is 0 Å². The molecule has 2 aromatic rings. The van der Waals surface area contributed by atoms with Crippen LogP contribution < -0.4 is 15.4 Å². The number of amides is 2. The normalized spacial score (nSPS) is 10.2. The standard InChI is InChI=1S/C19H21BrN2O3/c1-12-4-5-14(9-17(12)25-3)10-18(23)21-11-19(24)22-16-7-6-15(20)8-13(16)2/h4-9H,10-11H2,1-3H3,(H,21,23)(H,22,24). The van der Waals surface area contributed by atoms with Crippen molar-refractivity contribution in [3.05, 3.63) is 57.6 Å². The lowest BCUT2D eigenvalue weighted by Gasteiger charge is -2.10. The number of aryl methyl sites for hydroxylation is 2. The molecule has 0 atom stereocenters. The average molecular weight is 405 g/mol. The molecular weight excluding hydrogens is 384 g/mol. The van der Waals surface area contributed by atoms with Crippen LogP contribution in [-0.2, 0) is 16.0 Å². The molecule has 0 saturated carbocycles. The highest BCUT2D eigenvalue weighted by atomic mass is 79.9. The van der Waals surface area contributed by atoms with E-state index in [-0.39, 0.29) is 24.8 Å². The molecule has 2 amide bonds. The number of benzene rings is 2. The summed E-state index contributed by atoms with van der Waals surface area (Å²) in [5.74, 6) is 0.266. The van der Waals surface area contributed by atoms with Crippen LogP contribution in [0.5, 0.6) is 5.75 Å². The average Bonchev–Trinajstić information content (AvgIpc) is 2.57. The molecule has 0 unspecified atom stereocenters. The number of anilines is 1. The lowest BCUT2D eigenvalue weighted by molar-refractivity contribution is -0.123. The molecule has 0 aromatic heterocycles. The molecule has 25 heavy (non-hydrogen) atoms. The summed E-state index contributed by atoms with van der Waals surface area (Å²) in [6.07, 6.45) is 0.196. The van der Waals surface area contributed by atoms with Crippen LogP contribution in [0.2, 0.25) is 0 Å². The van der Waals surface area contributed by atoms with E-state index in [9.17, 15) is 9.59 Å². The second-order valence-corrected chi connectivity index (χ2v) is 6.68. The minimum Gasteiger partial charge on any atom is -0.496 e. The van der Waals surface area contributed by atoms with Gasteiger partial charge in [-0.25, -0.2) is 0 Å². The fourth-order valence-electron chi connectivity index (χ4n) is 2.36. The number of nitrogens with one attached hydrogen (secondary N) is 2.